The van der Waals surface area contributed by atoms with Crippen molar-refractivity contribution in [2.24, 2.45) is 5.73 Å². The van der Waals surface area contributed by atoms with Crippen LogP contribution in [0.4, 0.5) is 14.5 Å². The predicted molar refractivity (Wildman–Crippen MR) is 154 cm³/mol. The van der Waals surface area contributed by atoms with E-state index in [0.717, 1.165) is 22.7 Å². The zero-order valence-corrected chi connectivity index (χ0v) is 24.6. The van der Waals surface area contributed by atoms with Crippen molar-refractivity contribution in [3.8, 4) is 0 Å². The number of amides is 1. The standard InChI is InChI=1S/C28H34F2N4O5S.ClH/c1-27(2,31)26(36)32-23(17-39-16-19-7-5-4-6-8-19)25(15-35)33-11-9-28(10-12-33)18-34(40(3,37)38)24-14-22(30)21(29)13-20(24)28;/h4-8,13-14,23H,9-12,16-18,31H2,1-3H3,(H,32,36);1H/t23-;/m0./s1/i16D2;. The zero-order chi connectivity index (χ0) is 31.1. The van der Waals surface area contributed by atoms with Crippen molar-refractivity contribution >= 4 is 40.0 Å². The van der Waals surface area contributed by atoms with E-state index < -0.39 is 57.7 Å². The fraction of sp³-hybridized carbons (Fsp3) is 0.464. The lowest BCUT2D eigenvalue weighted by atomic mass is 9.74. The van der Waals surface area contributed by atoms with Crippen LogP contribution in [0.3, 0.4) is 0 Å². The Hall–Kier alpha value is -3.02. The van der Waals surface area contributed by atoms with Gasteiger partial charge in [0.15, 0.2) is 11.6 Å². The van der Waals surface area contributed by atoms with Crippen LogP contribution < -0.4 is 15.4 Å². The second kappa shape index (κ2) is 12.5. The van der Waals surface area contributed by atoms with Crippen LogP contribution in [0.1, 0.15) is 40.6 Å². The highest BCUT2D eigenvalue weighted by Crippen LogP contribution is 2.49. The Kier molecular flexibility index (Phi) is 8.96. The van der Waals surface area contributed by atoms with E-state index in [-0.39, 0.29) is 61.8 Å². The summed E-state index contributed by atoms with van der Waals surface area (Å²) in [6.07, 6.45) is 1.55. The van der Waals surface area contributed by atoms with Crippen LogP contribution >= 0.6 is 12.4 Å². The zero-order valence-electron chi connectivity index (χ0n) is 24.9. The van der Waals surface area contributed by atoms with Crippen molar-refractivity contribution in [1.29, 1.82) is 0 Å². The number of fused-ring (bicyclic) bond motifs is 2. The number of piperidine rings is 1. The van der Waals surface area contributed by atoms with E-state index in [1.165, 1.54) is 13.8 Å². The molecule has 1 saturated heterocycles. The van der Waals surface area contributed by atoms with Crippen molar-refractivity contribution in [1.82, 2.24) is 10.2 Å². The van der Waals surface area contributed by atoms with Gasteiger partial charge in [-0.25, -0.2) is 22.0 Å². The maximum Gasteiger partial charge on any atom is 0.240 e. The van der Waals surface area contributed by atoms with Gasteiger partial charge in [-0.1, -0.05) is 30.3 Å². The van der Waals surface area contributed by atoms with Crippen LogP contribution in [0.2, 0.25) is 0 Å². The molecule has 1 spiro atoms. The smallest absolute Gasteiger partial charge is 0.240 e. The minimum Gasteiger partial charge on any atom is -0.374 e. The number of carbonyl (C=O) groups excluding carboxylic acids is 2. The fourth-order valence-electron chi connectivity index (χ4n) is 5.12. The number of anilines is 1. The molecule has 13 heteroatoms. The van der Waals surface area contributed by atoms with Gasteiger partial charge in [0, 0.05) is 31.1 Å². The lowest BCUT2D eigenvalue weighted by molar-refractivity contribution is -0.126. The molecular weight excluding hydrogens is 578 g/mol. The van der Waals surface area contributed by atoms with E-state index in [4.69, 9.17) is 13.2 Å². The number of hydrogen-bond donors (Lipinski definition) is 2. The first-order valence-corrected chi connectivity index (χ1v) is 14.6. The van der Waals surface area contributed by atoms with Crippen LogP contribution in [0.25, 0.3) is 0 Å². The molecule has 2 aliphatic heterocycles. The molecule has 1 amide bonds. The number of nitrogens with zero attached hydrogens (tertiary/aromatic N) is 2. The second-order valence-corrected chi connectivity index (χ2v) is 12.7. The largest absolute Gasteiger partial charge is 0.374 e. The number of carbonyl (C=O) groups is 1. The molecule has 224 valence electrons. The molecule has 9 nitrogen and oxygen atoms in total. The van der Waals surface area contributed by atoms with E-state index >= 15 is 0 Å². The van der Waals surface area contributed by atoms with Crippen molar-refractivity contribution in [2.45, 2.75) is 50.2 Å². The maximum absolute atomic E-state index is 14.3. The van der Waals surface area contributed by atoms with Gasteiger partial charge >= 0.3 is 0 Å². The van der Waals surface area contributed by atoms with E-state index in [1.54, 1.807) is 35.2 Å². The molecule has 2 aromatic rings. The molecule has 0 unspecified atom stereocenters. The summed E-state index contributed by atoms with van der Waals surface area (Å²) in [7, 11) is -3.79. The number of halogens is 3. The van der Waals surface area contributed by atoms with Gasteiger partial charge in [0.05, 0.1) is 33.4 Å². The summed E-state index contributed by atoms with van der Waals surface area (Å²) in [4.78, 5) is 26.8. The SMILES string of the molecule is Cl.[2H]C([2H])(OC[C@H](NC(=O)C(C)(C)N)C(=C=O)N1CCC2(CC1)CN(S(C)(=O)=O)c1cc(F)c(F)cc12)c1ccccc1. The maximum atomic E-state index is 14.3. The number of benzene rings is 2. The van der Waals surface area contributed by atoms with Crippen molar-refractivity contribution in [3.63, 3.8) is 0 Å². The number of rotatable bonds is 9. The molecule has 1 fully saturated rings. The molecular formula is C28H35ClF2N4O5S. The summed E-state index contributed by atoms with van der Waals surface area (Å²) in [6, 6.07) is 8.93. The molecule has 4 rings (SSSR count). The third-order valence-corrected chi connectivity index (χ3v) is 8.45. The number of ether oxygens (including phenoxy) is 1. The summed E-state index contributed by atoms with van der Waals surface area (Å²) < 4.78 is 76.8. The number of likely N-dealkylation sites (tertiary alicyclic amines) is 1. The highest BCUT2D eigenvalue weighted by Gasteiger charge is 2.48. The number of nitrogens with two attached hydrogens (primary N) is 1. The Labute approximate surface area is 248 Å². The highest BCUT2D eigenvalue weighted by molar-refractivity contribution is 7.92. The minimum absolute atomic E-state index is 0. The molecule has 0 aliphatic carbocycles. The quantitative estimate of drug-likeness (QED) is 0.417. The highest BCUT2D eigenvalue weighted by atomic mass is 35.5. The fourth-order valence-corrected chi connectivity index (χ4v) is 6.11. The van der Waals surface area contributed by atoms with Gasteiger partial charge in [-0.3, -0.25) is 9.10 Å². The Balaban J connectivity index is 0.00000506. The molecule has 2 heterocycles. The van der Waals surface area contributed by atoms with Gasteiger partial charge in [0.1, 0.15) is 17.7 Å². The number of sulfonamides is 1. The molecule has 0 aromatic heterocycles. The lowest BCUT2D eigenvalue weighted by Crippen LogP contribution is -2.56. The first-order valence-electron chi connectivity index (χ1n) is 13.7. The van der Waals surface area contributed by atoms with E-state index in [1.807, 2.05) is 5.94 Å². The number of hydrogen-bond acceptors (Lipinski definition) is 7. The summed E-state index contributed by atoms with van der Waals surface area (Å²) in [5, 5.41) is 2.67. The van der Waals surface area contributed by atoms with E-state index in [9.17, 15) is 26.8 Å². The normalized spacial score (nSPS) is 18.0. The summed E-state index contributed by atoms with van der Waals surface area (Å²) >= 11 is 0. The van der Waals surface area contributed by atoms with Gasteiger partial charge in [-0.05, 0) is 43.9 Å². The van der Waals surface area contributed by atoms with Crippen LogP contribution in [-0.4, -0.2) is 69.2 Å². The summed E-state index contributed by atoms with van der Waals surface area (Å²) in [5.74, 6) is -0.976. The second-order valence-electron chi connectivity index (χ2n) is 10.8. The Morgan fingerprint density at radius 1 is 1.22 bits per heavy atom. The van der Waals surface area contributed by atoms with Crippen LogP contribution in [-0.2, 0) is 36.3 Å². The van der Waals surface area contributed by atoms with Gasteiger partial charge in [-0.15, -0.1) is 12.4 Å². The minimum atomic E-state index is -3.79. The molecule has 2 aliphatic rings. The van der Waals surface area contributed by atoms with Gasteiger partial charge in [0.25, 0.3) is 0 Å². The molecule has 0 radical (unpaired) electrons. The molecule has 2 aromatic carbocycles. The van der Waals surface area contributed by atoms with Crippen LogP contribution in [0.15, 0.2) is 48.2 Å². The van der Waals surface area contributed by atoms with E-state index in [2.05, 4.69) is 5.32 Å². The van der Waals surface area contributed by atoms with Crippen molar-refractivity contribution in [2.75, 3.05) is 36.8 Å². The molecule has 0 bridgehead atoms. The van der Waals surface area contributed by atoms with E-state index in [0.29, 0.717) is 5.56 Å². The third kappa shape index (κ3) is 7.07. The average molecular weight is 615 g/mol. The monoisotopic (exact) mass is 614 g/mol. The average Bonchev–Trinajstić information content (AvgIpc) is 3.22. The summed E-state index contributed by atoms with van der Waals surface area (Å²) in [5.41, 5.74) is 4.49. The van der Waals surface area contributed by atoms with Crippen molar-refractivity contribution in [3.05, 3.63) is 70.9 Å². The number of nitrogens with one attached hydrogen (secondary N) is 1. The predicted octanol–water partition coefficient (Wildman–Crippen LogP) is 2.65. The Morgan fingerprint density at radius 3 is 2.39 bits per heavy atom. The first-order chi connectivity index (χ1) is 19.5. The molecule has 0 saturated carbocycles. The first kappa shape index (κ1) is 29.5. The molecule has 3 N–H and O–H groups in total. The van der Waals surface area contributed by atoms with Gasteiger partial charge in [0.2, 0.25) is 15.9 Å². The topological polar surface area (TPSA) is 122 Å². The summed E-state index contributed by atoms with van der Waals surface area (Å²) in [6.45, 7) is 0.640. The van der Waals surface area contributed by atoms with Gasteiger partial charge < -0.3 is 20.7 Å². The third-order valence-electron chi connectivity index (χ3n) is 7.33. The molecule has 1 atom stereocenters. The van der Waals surface area contributed by atoms with Crippen LogP contribution in [0.5, 0.6) is 0 Å². The van der Waals surface area contributed by atoms with Crippen LogP contribution in [0, 0.1) is 11.6 Å². The Morgan fingerprint density at radius 2 is 1.83 bits per heavy atom. The molecule has 41 heavy (non-hydrogen) atoms. The van der Waals surface area contributed by atoms with Crippen molar-refractivity contribution < 1.29 is 34.3 Å². The lowest BCUT2D eigenvalue weighted by Gasteiger charge is -2.42. The van der Waals surface area contributed by atoms with Gasteiger partial charge in [-0.2, -0.15) is 0 Å². The Bertz CT molecular complexity index is 1510.